The molecule has 0 radical (unpaired) electrons. The molecule has 2 rings (SSSR count). The van der Waals surface area contributed by atoms with Crippen molar-refractivity contribution in [1.82, 2.24) is 0 Å². The lowest BCUT2D eigenvalue weighted by Crippen LogP contribution is -2.12. The summed E-state index contributed by atoms with van der Waals surface area (Å²) in [5.41, 5.74) is 10.5. The van der Waals surface area contributed by atoms with Crippen molar-refractivity contribution in [2.45, 2.75) is 12.8 Å². The highest BCUT2D eigenvalue weighted by Crippen LogP contribution is 2.29. The molecule has 0 heterocycles. The second-order valence-corrected chi connectivity index (χ2v) is 6.11. The molecule has 0 fully saturated rings. The van der Waals surface area contributed by atoms with Crippen molar-refractivity contribution in [3.05, 3.63) is 67.8 Å². The van der Waals surface area contributed by atoms with E-state index in [4.69, 9.17) is 31.8 Å². The largest absolute Gasteiger partial charge is 0.487 e. The Bertz CT molecular complexity index is 920. The monoisotopic (exact) mass is 452 g/mol. The van der Waals surface area contributed by atoms with Gasteiger partial charge in [-0.25, -0.2) is 0 Å². The SMILES string of the molecule is Cl.N=C(N)c1ccc(OCCCCOc2ccc(C(=N)N)cc2[N+](=O)[O-])c([N+](=O)[O-])c1. The minimum absolute atomic E-state index is 0. The van der Waals surface area contributed by atoms with Crippen LogP contribution in [0.4, 0.5) is 11.4 Å². The van der Waals surface area contributed by atoms with E-state index in [9.17, 15) is 20.2 Å². The second kappa shape index (κ2) is 11.3. The molecule has 0 saturated heterocycles. The van der Waals surface area contributed by atoms with Crippen LogP contribution in [0.25, 0.3) is 0 Å². The first-order valence-electron chi connectivity index (χ1n) is 8.72. The summed E-state index contributed by atoms with van der Waals surface area (Å²) in [4.78, 5) is 21.1. The summed E-state index contributed by atoms with van der Waals surface area (Å²) in [5.74, 6) is -0.456. The first kappa shape index (κ1) is 25.1. The number of nitrogens with one attached hydrogen (secondary N) is 2. The smallest absolute Gasteiger partial charge is 0.311 e. The van der Waals surface area contributed by atoms with Crippen molar-refractivity contribution in [3.63, 3.8) is 0 Å². The Morgan fingerprint density at radius 3 is 1.45 bits per heavy atom. The van der Waals surface area contributed by atoms with Crippen molar-refractivity contribution < 1.29 is 19.3 Å². The molecule has 12 nitrogen and oxygen atoms in total. The summed E-state index contributed by atoms with van der Waals surface area (Å²) in [6, 6.07) is 8.01. The van der Waals surface area contributed by atoms with Gasteiger partial charge < -0.3 is 20.9 Å². The average Bonchev–Trinajstić information content (AvgIpc) is 2.70. The summed E-state index contributed by atoms with van der Waals surface area (Å²) in [7, 11) is 0. The minimum atomic E-state index is -0.616. The molecule has 0 amide bonds. The van der Waals surface area contributed by atoms with Gasteiger partial charge in [-0.3, -0.25) is 31.0 Å². The number of unbranched alkanes of at least 4 members (excludes halogenated alkanes) is 1. The summed E-state index contributed by atoms with van der Waals surface area (Å²) < 4.78 is 10.9. The summed E-state index contributed by atoms with van der Waals surface area (Å²) >= 11 is 0. The number of nitro benzene ring substituents is 2. The second-order valence-electron chi connectivity index (χ2n) is 6.11. The van der Waals surface area contributed by atoms with Crippen molar-refractivity contribution in [2.24, 2.45) is 11.5 Å². The molecule has 0 saturated carbocycles. The molecule has 0 spiro atoms. The zero-order valence-corrected chi connectivity index (χ0v) is 17.0. The molecule has 0 aliphatic heterocycles. The Balaban J connectivity index is 0.00000480. The maximum atomic E-state index is 11.2. The van der Waals surface area contributed by atoms with Gasteiger partial charge in [0.25, 0.3) is 0 Å². The number of nitrogens with zero attached hydrogens (tertiary/aromatic N) is 2. The Hall–Kier alpha value is -3.93. The van der Waals surface area contributed by atoms with Crippen LogP contribution in [-0.2, 0) is 0 Å². The van der Waals surface area contributed by atoms with Crippen LogP contribution < -0.4 is 20.9 Å². The van der Waals surface area contributed by atoms with E-state index in [1.165, 1.54) is 36.4 Å². The van der Waals surface area contributed by atoms with Crippen LogP contribution in [0.3, 0.4) is 0 Å². The summed E-state index contributed by atoms with van der Waals surface area (Å²) in [6.07, 6.45) is 0.954. The molecular weight excluding hydrogens is 432 g/mol. The van der Waals surface area contributed by atoms with Crippen LogP contribution in [-0.4, -0.2) is 34.7 Å². The van der Waals surface area contributed by atoms with Crippen molar-refractivity contribution in [2.75, 3.05) is 13.2 Å². The molecule has 2 aromatic carbocycles. The maximum Gasteiger partial charge on any atom is 0.311 e. The Kier molecular flexibility index (Phi) is 9.16. The fraction of sp³-hybridized carbons (Fsp3) is 0.222. The number of amidine groups is 2. The van der Waals surface area contributed by atoms with Gasteiger partial charge in [0.05, 0.1) is 23.1 Å². The zero-order chi connectivity index (χ0) is 22.3. The number of hydrogen-bond acceptors (Lipinski definition) is 8. The van der Waals surface area contributed by atoms with E-state index < -0.39 is 9.85 Å². The highest BCUT2D eigenvalue weighted by atomic mass is 35.5. The first-order valence-corrected chi connectivity index (χ1v) is 8.72. The Morgan fingerprint density at radius 1 is 0.806 bits per heavy atom. The third kappa shape index (κ3) is 6.82. The molecule has 0 atom stereocenters. The lowest BCUT2D eigenvalue weighted by molar-refractivity contribution is -0.386. The molecule has 0 bridgehead atoms. The van der Waals surface area contributed by atoms with E-state index in [1.807, 2.05) is 0 Å². The first-order chi connectivity index (χ1) is 14.2. The minimum Gasteiger partial charge on any atom is -0.487 e. The topological polar surface area (TPSA) is 204 Å². The molecule has 0 aliphatic rings. The Labute approximate surface area is 182 Å². The van der Waals surface area contributed by atoms with E-state index in [0.29, 0.717) is 12.8 Å². The van der Waals surface area contributed by atoms with E-state index in [1.54, 1.807) is 0 Å². The van der Waals surface area contributed by atoms with Gasteiger partial charge in [0.15, 0.2) is 11.5 Å². The van der Waals surface area contributed by atoms with Gasteiger partial charge in [0.1, 0.15) is 11.7 Å². The van der Waals surface area contributed by atoms with Crippen molar-refractivity contribution in [1.29, 1.82) is 10.8 Å². The molecule has 31 heavy (non-hydrogen) atoms. The van der Waals surface area contributed by atoms with Crippen LogP contribution in [0.5, 0.6) is 11.5 Å². The third-order valence-corrected chi connectivity index (χ3v) is 3.99. The predicted molar refractivity (Wildman–Crippen MR) is 116 cm³/mol. The number of nitro groups is 2. The molecule has 13 heteroatoms. The standard InChI is InChI=1S/C18H20N6O6.ClH/c19-17(20)11-3-5-15(13(9-11)23(25)26)29-7-1-2-8-30-16-6-4-12(18(21)22)10-14(16)24(27)28;/h3-6,9-10H,1-2,7-8H2,(H3,19,20)(H3,21,22);1H. The quantitative estimate of drug-likeness (QED) is 0.131. The Morgan fingerprint density at radius 2 is 1.16 bits per heavy atom. The fourth-order valence-electron chi connectivity index (χ4n) is 2.47. The summed E-state index contributed by atoms with van der Waals surface area (Å²) in [5, 5.41) is 37.0. The van der Waals surface area contributed by atoms with E-state index in [0.717, 1.165) is 0 Å². The summed E-state index contributed by atoms with van der Waals surface area (Å²) in [6.45, 7) is 0.323. The van der Waals surface area contributed by atoms with Crippen LogP contribution in [0.2, 0.25) is 0 Å². The van der Waals surface area contributed by atoms with Crippen molar-refractivity contribution >= 4 is 35.5 Å². The normalized spacial score (nSPS) is 9.94. The molecule has 166 valence electrons. The number of nitrogens with two attached hydrogens (primary N) is 2. The van der Waals surface area contributed by atoms with E-state index in [-0.39, 0.29) is 71.3 Å². The maximum absolute atomic E-state index is 11.2. The van der Waals surface area contributed by atoms with Crippen LogP contribution >= 0.6 is 12.4 Å². The number of ether oxygens (including phenoxy) is 2. The number of nitrogen functional groups attached to an aromatic ring is 2. The van der Waals surface area contributed by atoms with Gasteiger partial charge in [0.2, 0.25) is 0 Å². The van der Waals surface area contributed by atoms with E-state index >= 15 is 0 Å². The van der Waals surface area contributed by atoms with Crippen LogP contribution in [0.15, 0.2) is 36.4 Å². The van der Waals surface area contributed by atoms with E-state index in [2.05, 4.69) is 0 Å². The number of hydrogen-bond donors (Lipinski definition) is 4. The predicted octanol–water partition coefficient (Wildman–Crippen LogP) is 2.73. The number of benzene rings is 2. The van der Waals surface area contributed by atoms with Gasteiger partial charge >= 0.3 is 11.4 Å². The third-order valence-electron chi connectivity index (χ3n) is 3.99. The molecule has 6 N–H and O–H groups in total. The van der Waals surface area contributed by atoms with Gasteiger partial charge in [0, 0.05) is 23.3 Å². The van der Waals surface area contributed by atoms with Gasteiger partial charge in [-0.05, 0) is 37.1 Å². The zero-order valence-electron chi connectivity index (χ0n) is 16.2. The fourth-order valence-corrected chi connectivity index (χ4v) is 2.47. The van der Waals surface area contributed by atoms with Crippen LogP contribution in [0, 0.1) is 31.0 Å². The molecular formula is C18H21ClN6O6. The molecule has 2 aromatic rings. The molecule has 0 aromatic heterocycles. The highest BCUT2D eigenvalue weighted by molar-refractivity contribution is 5.96. The van der Waals surface area contributed by atoms with Gasteiger partial charge in [-0.1, -0.05) is 0 Å². The highest BCUT2D eigenvalue weighted by Gasteiger charge is 2.18. The van der Waals surface area contributed by atoms with Crippen molar-refractivity contribution in [3.8, 4) is 11.5 Å². The van der Waals surface area contributed by atoms with Gasteiger partial charge in [-0.15, -0.1) is 12.4 Å². The number of rotatable bonds is 11. The average molecular weight is 453 g/mol. The molecule has 0 aliphatic carbocycles. The number of halogens is 1. The van der Waals surface area contributed by atoms with Crippen LogP contribution in [0.1, 0.15) is 24.0 Å². The van der Waals surface area contributed by atoms with Gasteiger partial charge in [-0.2, -0.15) is 0 Å². The lowest BCUT2D eigenvalue weighted by Gasteiger charge is -2.09. The molecule has 0 unspecified atom stereocenters. The lowest BCUT2D eigenvalue weighted by atomic mass is 10.1.